The van der Waals surface area contributed by atoms with Crippen molar-refractivity contribution >= 4 is 39.1 Å². The predicted molar refractivity (Wildman–Crippen MR) is 112 cm³/mol. The van der Waals surface area contributed by atoms with Gasteiger partial charge in [0.2, 0.25) is 0 Å². The lowest BCUT2D eigenvalue weighted by molar-refractivity contribution is 0.598. The minimum atomic E-state index is -0.799. The van der Waals surface area contributed by atoms with Crippen LogP contribution < -0.4 is 9.80 Å². The largest absolute Gasteiger partial charge is 0.454 e. The first-order valence-electron chi connectivity index (χ1n) is 9.82. The van der Waals surface area contributed by atoms with E-state index >= 15 is 0 Å². The lowest BCUT2D eigenvalue weighted by atomic mass is 10.1. The summed E-state index contributed by atoms with van der Waals surface area (Å²) in [5.41, 5.74) is 4.96. The van der Waals surface area contributed by atoms with Crippen LogP contribution in [-0.2, 0) is 0 Å². The maximum atomic E-state index is 8.68. The fourth-order valence-electron chi connectivity index (χ4n) is 4.32. The van der Waals surface area contributed by atoms with E-state index in [-0.39, 0.29) is 6.17 Å². The number of nitrogens with zero attached hydrogens (tertiary/aromatic N) is 3. The molecule has 1 atom stereocenters. The first kappa shape index (κ1) is 15.1. The average Bonchev–Trinajstić information content (AvgIpc) is 3.16. The molecule has 1 aliphatic heterocycles. The standard InChI is InChI=1S/C23H23N3O/c1-14(2)25-16(4)26(19-9-7-13-24-23(19)25)21-15(3)11-12-18-17-8-5-6-10-20(17)27-22(18)21/h5-14,16H,1-4H3/i14D. The molecule has 3 heterocycles. The van der Waals surface area contributed by atoms with Crippen molar-refractivity contribution in [1.82, 2.24) is 4.98 Å². The summed E-state index contributed by atoms with van der Waals surface area (Å²) in [5, 5.41) is 2.23. The van der Waals surface area contributed by atoms with Crippen molar-refractivity contribution in [2.45, 2.75) is 39.9 Å². The van der Waals surface area contributed by atoms with E-state index in [9.17, 15) is 0 Å². The first-order valence-corrected chi connectivity index (χ1v) is 9.32. The van der Waals surface area contributed by atoms with E-state index in [1.165, 1.54) is 0 Å². The van der Waals surface area contributed by atoms with Gasteiger partial charge in [0.1, 0.15) is 11.7 Å². The summed E-state index contributed by atoms with van der Waals surface area (Å²) in [5.74, 6) is 0.836. The Kier molecular flexibility index (Phi) is 3.21. The number of aryl methyl sites for hydroxylation is 1. The molecule has 0 saturated carbocycles. The zero-order valence-electron chi connectivity index (χ0n) is 17.0. The van der Waals surface area contributed by atoms with Gasteiger partial charge in [0.05, 0.1) is 12.7 Å². The van der Waals surface area contributed by atoms with Gasteiger partial charge in [-0.05, 0) is 51.5 Å². The fourth-order valence-corrected chi connectivity index (χ4v) is 4.32. The Balaban J connectivity index is 1.82. The second-order valence-electron chi connectivity index (χ2n) is 7.37. The molecule has 4 aromatic rings. The molecule has 1 unspecified atom stereocenters. The van der Waals surface area contributed by atoms with Crippen LogP contribution in [-0.4, -0.2) is 17.2 Å². The first-order chi connectivity index (χ1) is 13.4. The maximum absolute atomic E-state index is 8.68. The minimum Gasteiger partial charge on any atom is -0.454 e. The topological polar surface area (TPSA) is 32.5 Å². The molecule has 4 nitrogen and oxygen atoms in total. The van der Waals surface area contributed by atoms with Crippen LogP contribution in [0.15, 0.2) is 59.1 Å². The molecule has 0 amide bonds. The van der Waals surface area contributed by atoms with Crippen molar-refractivity contribution in [2.75, 3.05) is 9.80 Å². The molecule has 0 N–H and O–H groups in total. The monoisotopic (exact) mass is 358 g/mol. The number of anilines is 3. The highest BCUT2D eigenvalue weighted by atomic mass is 16.3. The van der Waals surface area contributed by atoms with E-state index in [0.29, 0.717) is 0 Å². The van der Waals surface area contributed by atoms with E-state index in [1.807, 2.05) is 38.1 Å². The van der Waals surface area contributed by atoms with Crippen molar-refractivity contribution in [1.29, 1.82) is 0 Å². The highest BCUT2D eigenvalue weighted by molar-refractivity contribution is 6.10. The Morgan fingerprint density at radius 1 is 1.07 bits per heavy atom. The second-order valence-corrected chi connectivity index (χ2v) is 7.37. The third-order valence-corrected chi connectivity index (χ3v) is 5.45. The van der Waals surface area contributed by atoms with Gasteiger partial charge in [0, 0.05) is 23.0 Å². The maximum Gasteiger partial charge on any atom is 0.159 e. The number of hydrogen-bond donors (Lipinski definition) is 0. The van der Waals surface area contributed by atoms with E-state index in [1.54, 1.807) is 6.20 Å². The van der Waals surface area contributed by atoms with E-state index in [0.717, 1.165) is 44.7 Å². The van der Waals surface area contributed by atoms with Crippen LogP contribution in [0.4, 0.5) is 17.2 Å². The smallest absolute Gasteiger partial charge is 0.159 e. The molecule has 0 fully saturated rings. The summed E-state index contributed by atoms with van der Waals surface area (Å²) in [6, 6.07) is 15.7. The van der Waals surface area contributed by atoms with Crippen molar-refractivity contribution in [3.8, 4) is 0 Å². The van der Waals surface area contributed by atoms with Crippen LogP contribution in [0.1, 0.15) is 27.7 Å². The summed E-state index contributed by atoms with van der Waals surface area (Å²) < 4.78 is 15.0. The molecule has 4 heteroatoms. The van der Waals surface area contributed by atoms with Gasteiger partial charge in [-0.2, -0.15) is 0 Å². The molecular formula is C23H23N3O. The number of furan rings is 1. The Bertz CT molecular complexity index is 1210. The summed E-state index contributed by atoms with van der Waals surface area (Å²) in [6.45, 7) is 8.04. The average molecular weight is 358 g/mol. The van der Waals surface area contributed by atoms with E-state index in [2.05, 4.69) is 52.9 Å². The number of aromatic nitrogens is 1. The van der Waals surface area contributed by atoms with E-state index < -0.39 is 6.02 Å². The molecule has 0 bridgehead atoms. The number of pyridine rings is 1. The van der Waals surface area contributed by atoms with Crippen LogP contribution in [0.5, 0.6) is 0 Å². The zero-order valence-corrected chi connectivity index (χ0v) is 16.0. The Morgan fingerprint density at radius 2 is 1.89 bits per heavy atom. The Labute approximate surface area is 160 Å². The van der Waals surface area contributed by atoms with Gasteiger partial charge < -0.3 is 14.2 Å². The molecule has 0 spiro atoms. The molecule has 2 aromatic carbocycles. The predicted octanol–water partition coefficient (Wildman–Crippen LogP) is 6.00. The third-order valence-electron chi connectivity index (χ3n) is 5.45. The SMILES string of the molecule is [2H]C(C)(C)N1c2ncccc2N(c2c(C)ccc3c2oc2ccccc23)C1C. The molecule has 0 radical (unpaired) electrons. The molecule has 0 saturated heterocycles. The highest BCUT2D eigenvalue weighted by Gasteiger charge is 2.38. The number of benzene rings is 2. The minimum absolute atomic E-state index is 0.0603. The third kappa shape index (κ3) is 2.19. The van der Waals surface area contributed by atoms with Gasteiger partial charge in [-0.25, -0.2) is 4.98 Å². The molecular weight excluding hydrogens is 334 g/mol. The summed E-state index contributed by atoms with van der Waals surface area (Å²) in [4.78, 5) is 8.94. The van der Waals surface area contributed by atoms with Crippen LogP contribution in [0.2, 0.25) is 0 Å². The van der Waals surface area contributed by atoms with Gasteiger partial charge >= 0.3 is 0 Å². The molecule has 5 rings (SSSR count). The van der Waals surface area contributed by atoms with Gasteiger partial charge in [-0.1, -0.05) is 30.3 Å². The molecule has 136 valence electrons. The van der Waals surface area contributed by atoms with Gasteiger partial charge in [-0.15, -0.1) is 0 Å². The number of hydrogen-bond acceptors (Lipinski definition) is 4. The Morgan fingerprint density at radius 3 is 2.70 bits per heavy atom. The summed E-state index contributed by atoms with van der Waals surface area (Å²) >= 11 is 0. The van der Waals surface area contributed by atoms with Gasteiger partial charge in [0.25, 0.3) is 0 Å². The fraction of sp³-hybridized carbons (Fsp3) is 0.261. The van der Waals surface area contributed by atoms with Crippen molar-refractivity contribution in [2.24, 2.45) is 0 Å². The van der Waals surface area contributed by atoms with Crippen molar-refractivity contribution < 1.29 is 5.79 Å². The molecule has 1 aliphatic rings. The molecule has 0 aliphatic carbocycles. The summed E-state index contributed by atoms with van der Waals surface area (Å²) in [7, 11) is 0. The van der Waals surface area contributed by atoms with Crippen LogP contribution in [0.3, 0.4) is 0 Å². The summed E-state index contributed by atoms with van der Waals surface area (Å²) in [6.07, 6.45) is 1.73. The Hall–Kier alpha value is -3.01. The normalized spacial score (nSPS) is 17.6. The van der Waals surface area contributed by atoms with Crippen molar-refractivity contribution in [3.05, 3.63) is 60.3 Å². The molecule has 27 heavy (non-hydrogen) atoms. The molecule has 2 aromatic heterocycles. The number of fused-ring (bicyclic) bond motifs is 4. The quantitative estimate of drug-likeness (QED) is 0.440. The number of para-hydroxylation sites is 1. The van der Waals surface area contributed by atoms with Crippen molar-refractivity contribution in [3.63, 3.8) is 0 Å². The number of rotatable bonds is 2. The van der Waals surface area contributed by atoms with Crippen LogP contribution >= 0.6 is 0 Å². The lowest BCUT2D eigenvalue weighted by Gasteiger charge is -2.33. The second kappa shape index (κ2) is 5.74. The zero-order chi connectivity index (χ0) is 19.6. The highest BCUT2D eigenvalue weighted by Crippen LogP contribution is 2.48. The van der Waals surface area contributed by atoms with Gasteiger partial charge in [-0.3, -0.25) is 0 Å². The van der Waals surface area contributed by atoms with Gasteiger partial charge in [0.15, 0.2) is 11.4 Å². The van der Waals surface area contributed by atoms with E-state index in [4.69, 9.17) is 5.79 Å². The lowest BCUT2D eigenvalue weighted by Crippen LogP contribution is -2.42. The van der Waals surface area contributed by atoms with Crippen LogP contribution in [0, 0.1) is 6.92 Å². The van der Waals surface area contributed by atoms with Crippen LogP contribution in [0.25, 0.3) is 21.9 Å².